The van der Waals surface area contributed by atoms with Gasteiger partial charge in [-0.2, -0.15) is 0 Å². The van der Waals surface area contributed by atoms with Gasteiger partial charge in [0.1, 0.15) is 11.6 Å². The molecule has 21 heavy (non-hydrogen) atoms. The Kier molecular flexibility index (Phi) is 4.44. The van der Waals surface area contributed by atoms with Gasteiger partial charge in [0.25, 0.3) is 5.91 Å². The van der Waals surface area contributed by atoms with Crippen molar-refractivity contribution >= 4 is 35.0 Å². The second-order valence-electron chi connectivity index (χ2n) is 3.95. The monoisotopic (exact) mass is 309 g/mol. The van der Waals surface area contributed by atoms with Gasteiger partial charge in [-0.1, -0.05) is 0 Å². The summed E-state index contributed by atoms with van der Waals surface area (Å²) in [6.45, 7) is 0. The largest absolute Gasteiger partial charge is 0.478 e. The molecule has 0 fully saturated rings. The highest BCUT2D eigenvalue weighted by Crippen LogP contribution is 2.21. The van der Waals surface area contributed by atoms with Gasteiger partial charge in [0.05, 0.1) is 10.6 Å². The molecule has 1 aromatic carbocycles. The molecule has 1 amide bonds. The van der Waals surface area contributed by atoms with Crippen LogP contribution in [-0.2, 0) is 4.79 Å². The summed E-state index contributed by atoms with van der Waals surface area (Å²) in [5.41, 5.74) is 0.255. The van der Waals surface area contributed by atoms with Gasteiger partial charge in [-0.25, -0.2) is 13.6 Å². The zero-order valence-corrected chi connectivity index (χ0v) is 11.3. The molecule has 2 aromatic rings. The molecule has 0 aliphatic rings. The molecule has 0 saturated heterocycles. The van der Waals surface area contributed by atoms with Crippen molar-refractivity contribution in [3.63, 3.8) is 0 Å². The minimum atomic E-state index is -1.14. The second kappa shape index (κ2) is 6.27. The Morgan fingerprint density at radius 3 is 2.67 bits per heavy atom. The SMILES string of the molecule is O=C(O)C=Cc1ccsc1C(=O)Nc1ccc(F)cc1F. The molecule has 0 radical (unpaired) electrons. The van der Waals surface area contributed by atoms with Crippen LogP contribution in [0.1, 0.15) is 15.2 Å². The highest BCUT2D eigenvalue weighted by Gasteiger charge is 2.14. The molecule has 0 aliphatic heterocycles. The molecule has 1 aromatic heterocycles. The molecule has 7 heteroatoms. The van der Waals surface area contributed by atoms with E-state index >= 15 is 0 Å². The van der Waals surface area contributed by atoms with Crippen molar-refractivity contribution in [3.05, 3.63) is 57.8 Å². The van der Waals surface area contributed by atoms with Gasteiger partial charge >= 0.3 is 5.97 Å². The summed E-state index contributed by atoms with van der Waals surface area (Å²) in [6.07, 6.45) is 2.17. The van der Waals surface area contributed by atoms with E-state index in [4.69, 9.17) is 5.11 Å². The van der Waals surface area contributed by atoms with E-state index in [2.05, 4.69) is 5.32 Å². The van der Waals surface area contributed by atoms with Crippen LogP contribution in [0.3, 0.4) is 0 Å². The standard InChI is InChI=1S/C14H9F2NO3S/c15-9-2-3-11(10(16)7-9)17-14(20)13-8(5-6-21-13)1-4-12(18)19/h1-7H,(H,17,20)(H,18,19). The minimum absolute atomic E-state index is 0.150. The summed E-state index contributed by atoms with van der Waals surface area (Å²) in [5.74, 6) is -3.37. The fourth-order valence-corrected chi connectivity index (χ4v) is 2.35. The second-order valence-corrected chi connectivity index (χ2v) is 4.87. The fraction of sp³-hybridized carbons (Fsp3) is 0. The molecule has 108 valence electrons. The Hall–Kier alpha value is -2.54. The summed E-state index contributed by atoms with van der Waals surface area (Å²) in [5, 5.41) is 12.5. The maximum Gasteiger partial charge on any atom is 0.328 e. The Morgan fingerprint density at radius 1 is 1.24 bits per heavy atom. The van der Waals surface area contributed by atoms with Crippen LogP contribution in [0, 0.1) is 11.6 Å². The first-order chi connectivity index (χ1) is 9.97. The first-order valence-electron chi connectivity index (χ1n) is 5.72. The summed E-state index contributed by atoms with van der Waals surface area (Å²) >= 11 is 1.08. The van der Waals surface area contributed by atoms with E-state index in [0.29, 0.717) is 11.6 Å². The topological polar surface area (TPSA) is 66.4 Å². The average molecular weight is 309 g/mol. The number of rotatable bonds is 4. The molecule has 0 atom stereocenters. The van der Waals surface area contributed by atoms with Gasteiger partial charge in [0.15, 0.2) is 0 Å². The average Bonchev–Trinajstić information content (AvgIpc) is 2.88. The molecule has 1 heterocycles. The number of carboxylic acid groups (broad SMARTS) is 1. The van der Waals surface area contributed by atoms with Crippen LogP contribution < -0.4 is 5.32 Å². The van der Waals surface area contributed by atoms with Gasteiger partial charge in [-0.3, -0.25) is 4.79 Å². The number of hydrogen-bond acceptors (Lipinski definition) is 3. The normalized spacial score (nSPS) is 10.8. The molecular weight excluding hydrogens is 300 g/mol. The van der Waals surface area contributed by atoms with E-state index in [1.54, 1.807) is 11.4 Å². The lowest BCUT2D eigenvalue weighted by molar-refractivity contribution is -0.131. The summed E-state index contributed by atoms with van der Waals surface area (Å²) in [7, 11) is 0. The smallest absolute Gasteiger partial charge is 0.328 e. The third kappa shape index (κ3) is 3.73. The lowest BCUT2D eigenvalue weighted by atomic mass is 10.2. The number of carboxylic acids is 1. The molecule has 0 bridgehead atoms. The predicted molar refractivity (Wildman–Crippen MR) is 75.3 cm³/mol. The number of thiophene rings is 1. The molecule has 0 unspecified atom stereocenters. The van der Waals surface area contributed by atoms with Crippen molar-refractivity contribution in [2.24, 2.45) is 0 Å². The van der Waals surface area contributed by atoms with Crippen molar-refractivity contribution in [2.45, 2.75) is 0 Å². The molecule has 0 saturated carbocycles. The molecule has 2 N–H and O–H groups in total. The van der Waals surface area contributed by atoms with Gasteiger partial charge in [0, 0.05) is 12.1 Å². The first kappa shape index (κ1) is 14.9. The van der Waals surface area contributed by atoms with E-state index in [1.165, 1.54) is 6.08 Å². The van der Waals surface area contributed by atoms with Crippen molar-refractivity contribution in [2.75, 3.05) is 5.32 Å². The van der Waals surface area contributed by atoms with E-state index in [-0.39, 0.29) is 10.6 Å². The van der Waals surface area contributed by atoms with Crippen molar-refractivity contribution in [1.29, 1.82) is 0 Å². The van der Waals surface area contributed by atoms with Gasteiger partial charge in [-0.05, 0) is 35.2 Å². The number of halogens is 2. The van der Waals surface area contributed by atoms with Crippen LogP contribution in [0.15, 0.2) is 35.7 Å². The molecule has 4 nitrogen and oxygen atoms in total. The number of nitrogens with one attached hydrogen (secondary N) is 1. The lowest BCUT2D eigenvalue weighted by Gasteiger charge is -2.05. The molecule has 2 rings (SSSR count). The van der Waals surface area contributed by atoms with Crippen molar-refractivity contribution in [3.8, 4) is 0 Å². The maximum absolute atomic E-state index is 13.5. The Labute approximate surface area is 122 Å². The fourth-order valence-electron chi connectivity index (χ4n) is 1.57. The molecule has 0 spiro atoms. The highest BCUT2D eigenvalue weighted by molar-refractivity contribution is 7.12. The van der Waals surface area contributed by atoms with E-state index in [1.807, 2.05) is 0 Å². The van der Waals surface area contributed by atoms with Crippen LogP contribution in [-0.4, -0.2) is 17.0 Å². The summed E-state index contributed by atoms with van der Waals surface area (Å²) < 4.78 is 26.2. The van der Waals surface area contributed by atoms with E-state index in [0.717, 1.165) is 29.5 Å². The van der Waals surface area contributed by atoms with Crippen LogP contribution in [0.25, 0.3) is 6.08 Å². The predicted octanol–water partition coefficient (Wildman–Crippen LogP) is 3.38. The third-order valence-corrected chi connectivity index (χ3v) is 3.42. The Morgan fingerprint density at radius 2 is 2.00 bits per heavy atom. The maximum atomic E-state index is 13.5. The number of benzene rings is 1. The van der Waals surface area contributed by atoms with Gasteiger partial charge < -0.3 is 10.4 Å². The van der Waals surface area contributed by atoms with Crippen LogP contribution in [0.2, 0.25) is 0 Å². The van der Waals surface area contributed by atoms with Gasteiger partial charge in [-0.15, -0.1) is 11.3 Å². The van der Waals surface area contributed by atoms with Crippen LogP contribution in [0.5, 0.6) is 0 Å². The Bertz CT molecular complexity index is 725. The minimum Gasteiger partial charge on any atom is -0.478 e. The quantitative estimate of drug-likeness (QED) is 0.851. The summed E-state index contributed by atoms with van der Waals surface area (Å²) in [4.78, 5) is 22.7. The molecule has 0 aliphatic carbocycles. The van der Waals surface area contributed by atoms with Crippen molar-refractivity contribution in [1.82, 2.24) is 0 Å². The molecular formula is C14H9F2NO3S. The number of aliphatic carboxylic acids is 1. The van der Waals surface area contributed by atoms with E-state index < -0.39 is 23.5 Å². The van der Waals surface area contributed by atoms with Crippen molar-refractivity contribution < 1.29 is 23.5 Å². The zero-order valence-electron chi connectivity index (χ0n) is 10.5. The van der Waals surface area contributed by atoms with E-state index in [9.17, 15) is 18.4 Å². The first-order valence-corrected chi connectivity index (χ1v) is 6.60. The lowest BCUT2D eigenvalue weighted by Crippen LogP contribution is -2.12. The number of anilines is 1. The summed E-state index contributed by atoms with van der Waals surface area (Å²) in [6, 6.07) is 4.37. The van der Waals surface area contributed by atoms with Gasteiger partial charge in [0.2, 0.25) is 0 Å². The highest BCUT2D eigenvalue weighted by atomic mass is 32.1. The number of carbonyl (C=O) groups excluding carboxylic acids is 1. The third-order valence-electron chi connectivity index (χ3n) is 2.49. The number of hydrogen-bond donors (Lipinski definition) is 2. The Balaban J connectivity index is 2.21. The number of amides is 1. The van der Waals surface area contributed by atoms with Crippen LogP contribution >= 0.6 is 11.3 Å². The number of carbonyl (C=O) groups is 2. The zero-order chi connectivity index (χ0) is 15.4. The van der Waals surface area contributed by atoms with Crippen LogP contribution in [0.4, 0.5) is 14.5 Å².